The highest BCUT2D eigenvalue weighted by atomic mass is 35.5. The summed E-state index contributed by atoms with van der Waals surface area (Å²) in [6, 6.07) is 17.3. The van der Waals surface area contributed by atoms with Crippen LogP contribution in [0.15, 0.2) is 65.1 Å². The zero-order chi connectivity index (χ0) is 21.7. The molecule has 31 heavy (non-hydrogen) atoms. The molecule has 3 N–H and O–H groups in total. The zero-order valence-electron chi connectivity index (χ0n) is 16.3. The fourth-order valence-corrected chi connectivity index (χ4v) is 3.79. The zero-order valence-corrected chi connectivity index (χ0v) is 17.0. The van der Waals surface area contributed by atoms with Crippen molar-refractivity contribution in [1.29, 1.82) is 0 Å². The predicted octanol–water partition coefficient (Wildman–Crippen LogP) is 5.22. The first-order valence-corrected chi connectivity index (χ1v) is 9.80. The molecule has 0 aliphatic carbocycles. The normalized spacial score (nSPS) is 11.3. The van der Waals surface area contributed by atoms with Crippen LogP contribution in [-0.2, 0) is 0 Å². The quantitative estimate of drug-likeness (QED) is 0.337. The summed E-state index contributed by atoms with van der Waals surface area (Å²) in [5.74, 6) is -0.856. The minimum Gasteiger partial charge on any atom is -0.503 e. The summed E-state index contributed by atoms with van der Waals surface area (Å²) in [6.45, 7) is 1.71. The van der Waals surface area contributed by atoms with Gasteiger partial charge in [-0.25, -0.2) is 9.55 Å². The van der Waals surface area contributed by atoms with Crippen molar-refractivity contribution in [3.05, 3.63) is 82.8 Å². The topological polar surface area (TPSA) is 104 Å². The first-order valence-electron chi connectivity index (χ1n) is 9.43. The Balaban J connectivity index is 1.83. The SMILES string of the molecule is Cc1ccc(C(=O)c2c(O)c(O)n(-c3nc4ccccc4[nH]3)c2-c2cccc(Cl)c2)o1. The fraction of sp³-hybridized carbons (Fsp3) is 0.0435. The molecule has 0 bridgehead atoms. The number of furan rings is 1. The molecule has 0 spiro atoms. The molecule has 0 saturated heterocycles. The van der Waals surface area contributed by atoms with Crippen molar-refractivity contribution >= 4 is 28.4 Å². The summed E-state index contributed by atoms with van der Waals surface area (Å²) in [5.41, 5.74) is 2.02. The highest BCUT2D eigenvalue weighted by molar-refractivity contribution is 6.31. The monoisotopic (exact) mass is 433 g/mol. The predicted molar refractivity (Wildman–Crippen MR) is 116 cm³/mol. The first kappa shape index (κ1) is 19.0. The number of hydrogen-bond donors (Lipinski definition) is 3. The van der Waals surface area contributed by atoms with Gasteiger partial charge in [0.2, 0.25) is 17.6 Å². The van der Waals surface area contributed by atoms with Crippen LogP contribution in [0.5, 0.6) is 11.6 Å². The van der Waals surface area contributed by atoms with E-state index in [2.05, 4.69) is 9.97 Å². The number of carbonyl (C=O) groups excluding carboxylic acids is 1. The summed E-state index contributed by atoms with van der Waals surface area (Å²) < 4.78 is 6.77. The third-order valence-corrected chi connectivity index (χ3v) is 5.23. The number of fused-ring (bicyclic) bond motifs is 1. The molecule has 5 aromatic rings. The van der Waals surface area contributed by atoms with E-state index in [1.807, 2.05) is 24.3 Å². The van der Waals surface area contributed by atoms with Crippen molar-refractivity contribution < 1.29 is 19.4 Å². The number of aromatic amines is 1. The summed E-state index contributed by atoms with van der Waals surface area (Å²) in [5, 5.41) is 22.1. The van der Waals surface area contributed by atoms with E-state index < -0.39 is 17.4 Å². The second-order valence-corrected chi connectivity index (χ2v) is 7.49. The number of aryl methyl sites for hydroxylation is 1. The van der Waals surface area contributed by atoms with E-state index in [4.69, 9.17) is 16.0 Å². The maximum Gasteiger partial charge on any atom is 0.242 e. The molecule has 0 radical (unpaired) electrons. The molecule has 0 fully saturated rings. The Bertz CT molecular complexity index is 1430. The first-order chi connectivity index (χ1) is 14.9. The highest BCUT2D eigenvalue weighted by Crippen LogP contribution is 2.44. The number of nitrogens with one attached hydrogen (secondary N) is 1. The van der Waals surface area contributed by atoms with Gasteiger partial charge in [-0.2, -0.15) is 0 Å². The number of nitrogens with zero attached hydrogens (tertiary/aromatic N) is 2. The molecular formula is C23H16ClN3O4. The number of aromatic hydroxyl groups is 2. The van der Waals surface area contributed by atoms with E-state index in [-0.39, 0.29) is 23.0 Å². The van der Waals surface area contributed by atoms with Gasteiger partial charge in [0.15, 0.2) is 11.5 Å². The van der Waals surface area contributed by atoms with Crippen LogP contribution in [0, 0.1) is 6.92 Å². The van der Waals surface area contributed by atoms with Gasteiger partial charge in [0.25, 0.3) is 0 Å². The Labute approximate surface area is 181 Å². The van der Waals surface area contributed by atoms with Gasteiger partial charge in [-0.3, -0.25) is 4.79 Å². The molecule has 3 aromatic heterocycles. The molecule has 8 heteroatoms. The van der Waals surface area contributed by atoms with Gasteiger partial charge in [0.1, 0.15) is 5.76 Å². The maximum absolute atomic E-state index is 13.3. The molecule has 0 aliphatic rings. The number of rotatable bonds is 4. The minimum absolute atomic E-state index is 0.0397. The summed E-state index contributed by atoms with van der Waals surface area (Å²) in [6.07, 6.45) is 0. The van der Waals surface area contributed by atoms with Crippen LogP contribution in [0.3, 0.4) is 0 Å². The number of carbonyl (C=O) groups is 1. The van der Waals surface area contributed by atoms with Gasteiger partial charge in [0, 0.05) is 10.6 Å². The van der Waals surface area contributed by atoms with Crippen LogP contribution in [0.1, 0.15) is 21.9 Å². The van der Waals surface area contributed by atoms with Crippen molar-refractivity contribution in [2.75, 3.05) is 0 Å². The number of H-pyrrole nitrogens is 1. The molecule has 2 aromatic carbocycles. The van der Waals surface area contributed by atoms with E-state index in [0.29, 0.717) is 21.9 Å². The van der Waals surface area contributed by atoms with Gasteiger partial charge in [-0.05, 0) is 43.3 Å². The number of para-hydroxylation sites is 2. The number of benzene rings is 2. The molecule has 154 valence electrons. The lowest BCUT2D eigenvalue weighted by Gasteiger charge is -2.09. The number of halogens is 1. The lowest BCUT2D eigenvalue weighted by atomic mass is 10.0. The number of hydrogen-bond acceptors (Lipinski definition) is 5. The van der Waals surface area contributed by atoms with Crippen molar-refractivity contribution in [1.82, 2.24) is 14.5 Å². The van der Waals surface area contributed by atoms with Crippen LogP contribution in [0.2, 0.25) is 5.02 Å². The minimum atomic E-state index is -0.578. The van der Waals surface area contributed by atoms with Crippen LogP contribution in [0.4, 0.5) is 0 Å². The van der Waals surface area contributed by atoms with Crippen molar-refractivity contribution in [2.45, 2.75) is 6.92 Å². The largest absolute Gasteiger partial charge is 0.503 e. The van der Waals surface area contributed by atoms with Gasteiger partial charge in [-0.15, -0.1) is 0 Å². The molecule has 3 heterocycles. The second-order valence-electron chi connectivity index (χ2n) is 7.06. The highest BCUT2D eigenvalue weighted by Gasteiger charge is 2.32. The third-order valence-electron chi connectivity index (χ3n) is 5.00. The van der Waals surface area contributed by atoms with Gasteiger partial charge in [-0.1, -0.05) is 35.9 Å². The molecular weight excluding hydrogens is 418 g/mol. The van der Waals surface area contributed by atoms with Crippen LogP contribution >= 0.6 is 11.6 Å². The summed E-state index contributed by atoms with van der Waals surface area (Å²) >= 11 is 6.20. The Morgan fingerprint density at radius 3 is 2.61 bits per heavy atom. The number of imidazole rings is 1. The smallest absolute Gasteiger partial charge is 0.242 e. The average Bonchev–Trinajstić information content (AvgIpc) is 3.44. The molecule has 0 atom stereocenters. The lowest BCUT2D eigenvalue weighted by Crippen LogP contribution is -2.05. The second kappa shape index (κ2) is 7.07. The van der Waals surface area contributed by atoms with E-state index in [9.17, 15) is 15.0 Å². The third kappa shape index (κ3) is 3.06. The maximum atomic E-state index is 13.3. The van der Waals surface area contributed by atoms with Crippen molar-refractivity contribution in [3.8, 4) is 28.8 Å². The molecule has 7 nitrogen and oxygen atoms in total. The Morgan fingerprint density at radius 1 is 1.10 bits per heavy atom. The van der Waals surface area contributed by atoms with Crippen molar-refractivity contribution in [2.24, 2.45) is 0 Å². The standard InChI is InChI=1S/C23H16ClN3O4/c1-12-9-10-17(31-12)20(28)18-19(13-5-4-6-14(24)11-13)27(22(30)21(18)29)23-25-15-7-2-3-8-16(15)26-23/h2-11,29-30H,1H3,(H,25,26). The molecule has 0 amide bonds. The molecule has 0 unspecified atom stereocenters. The summed E-state index contributed by atoms with van der Waals surface area (Å²) in [4.78, 5) is 20.9. The van der Waals surface area contributed by atoms with E-state index in [0.717, 1.165) is 5.52 Å². The van der Waals surface area contributed by atoms with Gasteiger partial charge < -0.3 is 19.6 Å². The van der Waals surface area contributed by atoms with E-state index in [1.165, 1.54) is 10.6 Å². The van der Waals surface area contributed by atoms with Crippen LogP contribution in [0.25, 0.3) is 28.2 Å². The Hall–Kier alpha value is -3.97. The van der Waals surface area contributed by atoms with Crippen LogP contribution < -0.4 is 0 Å². The van der Waals surface area contributed by atoms with Gasteiger partial charge in [0.05, 0.1) is 22.3 Å². The van der Waals surface area contributed by atoms with Crippen LogP contribution in [-0.4, -0.2) is 30.5 Å². The fourth-order valence-electron chi connectivity index (χ4n) is 3.60. The van der Waals surface area contributed by atoms with E-state index in [1.54, 1.807) is 37.3 Å². The van der Waals surface area contributed by atoms with Gasteiger partial charge >= 0.3 is 0 Å². The molecule has 0 saturated carbocycles. The number of ketones is 1. The number of aromatic nitrogens is 3. The lowest BCUT2D eigenvalue weighted by molar-refractivity contribution is 0.101. The summed E-state index contributed by atoms with van der Waals surface area (Å²) in [7, 11) is 0. The molecule has 0 aliphatic heterocycles. The Kier molecular flexibility index (Phi) is 4.34. The van der Waals surface area contributed by atoms with E-state index >= 15 is 0 Å². The Morgan fingerprint density at radius 2 is 1.90 bits per heavy atom. The van der Waals surface area contributed by atoms with Crippen molar-refractivity contribution in [3.63, 3.8) is 0 Å². The average molecular weight is 434 g/mol. The molecule has 5 rings (SSSR count).